The van der Waals surface area contributed by atoms with Crippen LogP contribution in [0.5, 0.6) is 0 Å². The lowest BCUT2D eigenvalue weighted by Crippen LogP contribution is -2.11. The molecule has 0 radical (unpaired) electrons. The summed E-state index contributed by atoms with van der Waals surface area (Å²) in [5, 5.41) is 4.62. The van der Waals surface area contributed by atoms with Crippen molar-refractivity contribution in [1.82, 2.24) is 10.3 Å². The van der Waals surface area contributed by atoms with Crippen LogP contribution >= 0.6 is 0 Å². The average Bonchev–Trinajstić information content (AvgIpc) is 2.71. The molecule has 1 atom stereocenters. The van der Waals surface area contributed by atoms with Crippen molar-refractivity contribution in [3.63, 3.8) is 0 Å². The van der Waals surface area contributed by atoms with Crippen molar-refractivity contribution in [3.8, 4) is 0 Å². The molecular weight excluding hydrogens is 184 g/mol. The molecular formula is C13H18N2. The Morgan fingerprint density at radius 3 is 2.87 bits per heavy atom. The van der Waals surface area contributed by atoms with Gasteiger partial charge < -0.3 is 10.3 Å². The predicted molar refractivity (Wildman–Crippen MR) is 65.2 cm³/mol. The molecule has 1 heterocycles. The molecule has 0 saturated heterocycles. The van der Waals surface area contributed by atoms with Crippen LogP contribution in [0.1, 0.15) is 31.0 Å². The highest BCUT2D eigenvalue weighted by atomic mass is 14.9. The van der Waals surface area contributed by atoms with Crippen molar-refractivity contribution in [2.24, 2.45) is 0 Å². The van der Waals surface area contributed by atoms with Crippen molar-refractivity contribution in [2.45, 2.75) is 26.3 Å². The maximum atomic E-state index is 3.38. The zero-order valence-corrected chi connectivity index (χ0v) is 9.59. The fraction of sp³-hybridized carbons (Fsp3) is 0.385. The van der Waals surface area contributed by atoms with Crippen molar-refractivity contribution < 1.29 is 0 Å². The van der Waals surface area contributed by atoms with E-state index in [1.165, 1.54) is 22.0 Å². The van der Waals surface area contributed by atoms with Crippen LogP contribution in [-0.2, 0) is 6.42 Å². The van der Waals surface area contributed by atoms with E-state index in [1.807, 2.05) is 7.05 Å². The lowest BCUT2D eigenvalue weighted by molar-refractivity contribution is 0.657. The Balaban J connectivity index is 2.60. The van der Waals surface area contributed by atoms with Gasteiger partial charge in [0.25, 0.3) is 0 Å². The molecule has 2 aromatic rings. The van der Waals surface area contributed by atoms with E-state index in [2.05, 4.69) is 48.5 Å². The van der Waals surface area contributed by atoms with E-state index in [1.54, 1.807) is 0 Å². The number of aromatic amines is 1. The zero-order valence-electron chi connectivity index (χ0n) is 9.59. The number of rotatable bonds is 3. The Bertz CT molecular complexity index is 457. The number of nitrogens with one attached hydrogen (secondary N) is 2. The van der Waals surface area contributed by atoms with Gasteiger partial charge in [0.05, 0.1) is 0 Å². The molecule has 0 aliphatic heterocycles. The number of fused-ring (bicyclic) bond motifs is 1. The first-order valence-corrected chi connectivity index (χ1v) is 5.54. The van der Waals surface area contributed by atoms with E-state index in [0.29, 0.717) is 6.04 Å². The maximum Gasteiger partial charge on any atom is 0.0489 e. The summed E-state index contributed by atoms with van der Waals surface area (Å²) in [6, 6.07) is 6.91. The van der Waals surface area contributed by atoms with Gasteiger partial charge in [0, 0.05) is 23.1 Å². The molecule has 2 heteroatoms. The second-order valence-corrected chi connectivity index (χ2v) is 3.95. The summed E-state index contributed by atoms with van der Waals surface area (Å²) in [6.07, 6.45) is 3.19. The van der Waals surface area contributed by atoms with Crippen LogP contribution in [0.15, 0.2) is 24.4 Å². The van der Waals surface area contributed by atoms with Crippen LogP contribution in [0.3, 0.4) is 0 Å². The summed E-state index contributed by atoms with van der Waals surface area (Å²) in [4.78, 5) is 3.38. The molecule has 15 heavy (non-hydrogen) atoms. The van der Waals surface area contributed by atoms with Gasteiger partial charge >= 0.3 is 0 Å². The molecule has 2 nitrogen and oxygen atoms in total. The highest BCUT2D eigenvalue weighted by Gasteiger charge is 2.10. The number of hydrogen-bond acceptors (Lipinski definition) is 1. The molecule has 0 aliphatic carbocycles. The fourth-order valence-corrected chi connectivity index (χ4v) is 2.05. The van der Waals surface area contributed by atoms with Crippen molar-refractivity contribution in [1.29, 1.82) is 0 Å². The van der Waals surface area contributed by atoms with Gasteiger partial charge in [-0.2, -0.15) is 0 Å². The standard InChI is InChI=1S/C13H18N2/c1-4-10-6-5-7-11-12(9(2)14-3)8-15-13(10)11/h5-9,14-15H,4H2,1-3H3. The van der Waals surface area contributed by atoms with Gasteiger partial charge in [0.2, 0.25) is 0 Å². The lowest BCUT2D eigenvalue weighted by atomic mass is 10.0. The molecule has 1 unspecified atom stereocenters. The van der Waals surface area contributed by atoms with Crippen molar-refractivity contribution in [3.05, 3.63) is 35.5 Å². The van der Waals surface area contributed by atoms with Crippen LogP contribution in [-0.4, -0.2) is 12.0 Å². The summed E-state index contributed by atoms with van der Waals surface area (Å²) in [5.41, 5.74) is 4.03. The summed E-state index contributed by atoms with van der Waals surface area (Å²) in [6.45, 7) is 4.37. The fourth-order valence-electron chi connectivity index (χ4n) is 2.05. The van der Waals surface area contributed by atoms with Crippen LogP contribution in [0, 0.1) is 0 Å². The van der Waals surface area contributed by atoms with Crippen LogP contribution in [0.2, 0.25) is 0 Å². The first-order chi connectivity index (χ1) is 7.27. The van der Waals surface area contributed by atoms with Gasteiger partial charge in [-0.15, -0.1) is 0 Å². The average molecular weight is 202 g/mol. The SMILES string of the molecule is CCc1cccc2c(C(C)NC)c[nH]c12. The Morgan fingerprint density at radius 2 is 2.20 bits per heavy atom. The van der Waals surface area contributed by atoms with Gasteiger partial charge in [-0.1, -0.05) is 25.1 Å². The molecule has 2 rings (SSSR count). The second kappa shape index (κ2) is 4.07. The van der Waals surface area contributed by atoms with E-state index in [4.69, 9.17) is 0 Å². The van der Waals surface area contributed by atoms with Gasteiger partial charge in [-0.05, 0) is 31.5 Å². The topological polar surface area (TPSA) is 27.8 Å². The highest BCUT2D eigenvalue weighted by Crippen LogP contribution is 2.26. The Labute approximate surface area is 90.7 Å². The van der Waals surface area contributed by atoms with E-state index < -0.39 is 0 Å². The molecule has 80 valence electrons. The molecule has 1 aromatic carbocycles. The van der Waals surface area contributed by atoms with Crippen molar-refractivity contribution in [2.75, 3.05) is 7.05 Å². The Morgan fingerprint density at radius 1 is 1.40 bits per heavy atom. The summed E-state index contributed by atoms with van der Waals surface area (Å²) in [7, 11) is 1.99. The predicted octanol–water partition coefficient (Wildman–Crippen LogP) is 3.01. The monoisotopic (exact) mass is 202 g/mol. The molecule has 0 spiro atoms. The number of aromatic nitrogens is 1. The first kappa shape index (κ1) is 10.2. The third kappa shape index (κ3) is 1.65. The summed E-state index contributed by atoms with van der Waals surface area (Å²) < 4.78 is 0. The molecule has 0 bridgehead atoms. The number of hydrogen-bond donors (Lipinski definition) is 2. The number of para-hydroxylation sites is 1. The van der Waals surface area contributed by atoms with E-state index in [0.717, 1.165) is 6.42 Å². The van der Waals surface area contributed by atoms with Crippen molar-refractivity contribution >= 4 is 10.9 Å². The van der Waals surface area contributed by atoms with E-state index in [9.17, 15) is 0 Å². The molecule has 0 fully saturated rings. The third-order valence-electron chi connectivity index (χ3n) is 3.11. The highest BCUT2D eigenvalue weighted by molar-refractivity contribution is 5.86. The summed E-state index contributed by atoms with van der Waals surface area (Å²) in [5.74, 6) is 0. The van der Waals surface area contributed by atoms with Gasteiger partial charge in [-0.3, -0.25) is 0 Å². The smallest absolute Gasteiger partial charge is 0.0489 e. The van der Waals surface area contributed by atoms with Gasteiger partial charge in [-0.25, -0.2) is 0 Å². The number of aryl methyl sites for hydroxylation is 1. The maximum absolute atomic E-state index is 3.38. The van der Waals surface area contributed by atoms with Crippen LogP contribution in [0.25, 0.3) is 10.9 Å². The van der Waals surface area contributed by atoms with Gasteiger partial charge in [0.1, 0.15) is 0 Å². The largest absolute Gasteiger partial charge is 0.361 e. The van der Waals surface area contributed by atoms with E-state index in [-0.39, 0.29) is 0 Å². The summed E-state index contributed by atoms with van der Waals surface area (Å²) >= 11 is 0. The molecule has 0 aliphatic rings. The van der Waals surface area contributed by atoms with Crippen LogP contribution < -0.4 is 5.32 Å². The quantitative estimate of drug-likeness (QED) is 0.786. The third-order valence-corrected chi connectivity index (χ3v) is 3.11. The lowest BCUT2D eigenvalue weighted by Gasteiger charge is -2.08. The molecule has 2 N–H and O–H groups in total. The Hall–Kier alpha value is -1.28. The normalized spacial score (nSPS) is 13.3. The van der Waals surface area contributed by atoms with Gasteiger partial charge in [0.15, 0.2) is 0 Å². The first-order valence-electron chi connectivity index (χ1n) is 5.54. The van der Waals surface area contributed by atoms with Crippen LogP contribution in [0.4, 0.5) is 0 Å². The number of benzene rings is 1. The second-order valence-electron chi connectivity index (χ2n) is 3.95. The minimum atomic E-state index is 0.394. The minimum Gasteiger partial charge on any atom is -0.361 e. The molecule has 0 amide bonds. The molecule has 1 aromatic heterocycles. The number of H-pyrrole nitrogens is 1. The zero-order chi connectivity index (χ0) is 10.8. The Kier molecular flexibility index (Phi) is 2.78. The molecule has 0 saturated carbocycles. The van der Waals surface area contributed by atoms with E-state index >= 15 is 0 Å². The minimum absolute atomic E-state index is 0.394.